The summed E-state index contributed by atoms with van der Waals surface area (Å²) in [7, 11) is 0. The van der Waals surface area contributed by atoms with E-state index in [1.165, 1.54) is 0 Å². The lowest BCUT2D eigenvalue weighted by Gasteiger charge is -2.22. The topological polar surface area (TPSA) is 136 Å². The third kappa shape index (κ3) is 8.03. The number of unbranched alkanes of at least 4 members (excludes halogenated alkanes) is 1. The highest BCUT2D eigenvalue weighted by Gasteiger charge is 2.11. The number of aromatic nitrogens is 2. The van der Waals surface area contributed by atoms with Gasteiger partial charge in [0.15, 0.2) is 0 Å². The second kappa shape index (κ2) is 13.4. The standard InChI is InChI=1S/C26H34N6O3/c1-19-7-2-3-8-23(19)29-26(35)31-25-28-17-22(24(34)30-25)21-11-9-20(10-12-21)18-32(15-6-13-27)14-4-5-16-33/h2-3,7-12,17,33H,4-6,13-16,18,27H2,1H3,(H3,28,29,30,31,34,35). The van der Waals surface area contributed by atoms with Gasteiger partial charge in [0.25, 0.3) is 5.56 Å². The predicted octanol–water partition coefficient (Wildman–Crippen LogP) is 3.31. The lowest BCUT2D eigenvalue weighted by Crippen LogP contribution is -2.27. The van der Waals surface area contributed by atoms with Gasteiger partial charge in [0.2, 0.25) is 5.95 Å². The van der Waals surface area contributed by atoms with Crippen molar-refractivity contribution in [1.82, 2.24) is 14.9 Å². The molecule has 9 heteroatoms. The van der Waals surface area contributed by atoms with Crippen molar-refractivity contribution >= 4 is 17.7 Å². The summed E-state index contributed by atoms with van der Waals surface area (Å²) in [5.74, 6) is 0.0693. The molecule has 0 saturated carbocycles. The third-order valence-corrected chi connectivity index (χ3v) is 5.65. The Balaban J connectivity index is 1.63. The summed E-state index contributed by atoms with van der Waals surface area (Å²) >= 11 is 0. The van der Waals surface area contributed by atoms with Crippen molar-refractivity contribution in [2.24, 2.45) is 5.73 Å². The predicted molar refractivity (Wildman–Crippen MR) is 139 cm³/mol. The van der Waals surface area contributed by atoms with Crippen LogP contribution >= 0.6 is 0 Å². The molecule has 0 radical (unpaired) electrons. The van der Waals surface area contributed by atoms with E-state index in [-0.39, 0.29) is 12.6 Å². The first kappa shape index (κ1) is 26.1. The number of rotatable bonds is 12. The summed E-state index contributed by atoms with van der Waals surface area (Å²) < 4.78 is 0. The average molecular weight is 479 g/mol. The summed E-state index contributed by atoms with van der Waals surface area (Å²) in [6, 6.07) is 14.7. The van der Waals surface area contributed by atoms with Crippen molar-refractivity contribution in [3.05, 3.63) is 76.2 Å². The van der Waals surface area contributed by atoms with Gasteiger partial charge in [-0.2, -0.15) is 4.98 Å². The molecule has 2 amide bonds. The van der Waals surface area contributed by atoms with E-state index in [1.54, 1.807) is 12.3 Å². The van der Waals surface area contributed by atoms with Crippen LogP contribution in [-0.2, 0) is 6.54 Å². The van der Waals surface area contributed by atoms with Crippen molar-refractivity contribution < 1.29 is 9.90 Å². The van der Waals surface area contributed by atoms with Gasteiger partial charge in [-0.1, -0.05) is 42.5 Å². The zero-order valence-corrected chi connectivity index (χ0v) is 20.1. The minimum absolute atomic E-state index is 0.0693. The number of aliphatic hydroxyl groups is 1. The Hall–Kier alpha value is -3.53. The van der Waals surface area contributed by atoms with E-state index in [0.717, 1.165) is 55.6 Å². The van der Waals surface area contributed by atoms with Crippen LogP contribution in [-0.4, -0.2) is 52.2 Å². The van der Waals surface area contributed by atoms with E-state index < -0.39 is 11.6 Å². The minimum Gasteiger partial charge on any atom is -0.396 e. The number of aryl methyl sites for hydroxylation is 1. The molecular weight excluding hydrogens is 444 g/mol. The van der Waals surface area contributed by atoms with Gasteiger partial charge in [-0.15, -0.1) is 0 Å². The average Bonchev–Trinajstić information content (AvgIpc) is 2.85. The molecule has 0 spiro atoms. The smallest absolute Gasteiger partial charge is 0.326 e. The Morgan fingerprint density at radius 1 is 1.06 bits per heavy atom. The number of para-hydroxylation sites is 1. The Labute approximate surface area is 205 Å². The summed E-state index contributed by atoms with van der Waals surface area (Å²) in [5.41, 5.74) is 9.13. The number of H-pyrrole nitrogens is 1. The Bertz CT molecular complexity index is 1150. The highest BCUT2D eigenvalue weighted by Crippen LogP contribution is 2.18. The van der Waals surface area contributed by atoms with E-state index >= 15 is 0 Å². The number of nitrogens with one attached hydrogen (secondary N) is 3. The number of carbonyl (C=O) groups is 1. The summed E-state index contributed by atoms with van der Waals surface area (Å²) in [6.07, 6.45) is 4.19. The van der Waals surface area contributed by atoms with Gasteiger partial charge >= 0.3 is 6.03 Å². The molecule has 3 aromatic rings. The molecule has 0 saturated heterocycles. The molecule has 35 heavy (non-hydrogen) atoms. The SMILES string of the molecule is Cc1ccccc1NC(=O)Nc1nc(=O)c(-c2ccc(CN(CCCN)CCCCO)cc2)c[nH]1. The van der Waals surface area contributed by atoms with Crippen LogP contribution in [0.3, 0.4) is 0 Å². The Kier molecular flexibility index (Phi) is 9.97. The molecule has 2 aromatic carbocycles. The zero-order chi connectivity index (χ0) is 25.0. The van der Waals surface area contributed by atoms with Crippen LogP contribution in [0.15, 0.2) is 59.5 Å². The molecule has 186 valence electrons. The summed E-state index contributed by atoms with van der Waals surface area (Å²) in [4.78, 5) is 34.1. The van der Waals surface area contributed by atoms with Crippen LogP contribution in [0.1, 0.15) is 30.4 Å². The van der Waals surface area contributed by atoms with Crippen LogP contribution in [0, 0.1) is 6.92 Å². The quantitative estimate of drug-likeness (QED) is 0.253. The van der Waals surface area contributed by atoms with Crippen molar-refractivity contribution in [2.75, 3.05) is 36.9 Å². The molecule has 0 aliphatic rings. The first-order chi connectivity index (χ1) is 17.0. The van der Waals surface area contributed by atoms with Crippen LogP contribution in [0.2, 0.25) is 0 Å². The lowest BCUT2D eigenvalue weighted by molar-refractivity contribution is 0.235. The zero-order valence-electron chi connectivity index (χ0n) is 20.1. The van der Waals surface area contributed by atoms with Gasteiger partial charge in [0, 0.05) is 25.0 Å². The van der Waals surface area contributed by atoms with Crippen molar-refractivity contribution in [3.8, 4) is 11.1 Å². The number of amides is 2. The second-order valence-electron chi connectivity index (χ2n) is 8.41. The molecular formula is C26H34N6O3. The molecule has 9 nitrogen and oxygen atoms in total. The molecule has 1 heterocycles. The molecule has 0 bridgehead atoms. The van der Waals surface area contributed by atoms with Crippen LogP contribution in [0.25, 0.3) is 11.1 Å². The van der Waals surface area contributed by atoms with E-state index in [4.69, 9.17) is 10.8 Å². The van der Waals surface area contributed by atoms with E-state index in [0.29, 0.717) is 17.8 Å². The number of hydrogen-bond donors (Lipinski definition) is 5. The van der Waals surface area contributed by atoms with Crippen molar-refractivity contribution in [1.29, 1.82) is 0 Å². The maximum absolute atomic E-state index is 12.6. The number of hydrogen-bond acceptors (Lipinski definition) is 6. The molecule has 0 aliphatic heterocycles. The fraction of sp³-hybridized carbons (Fsp3) is 0.346. The first-order valence-corrected chi connectivity index (χ1v) is 11.9. The normalized spacial score (nSPS) is 11.0. The first-order valence-electron chi connectivity index (χ1n) is 11.9. The number of aliphatic hydroxyl groups excluding tert-OH is 1. The van der Waals surface area contributed by atoms with Crippen molar-refractivity contribution in [3.63, 3.8) is 0 Å². The largest absolute Gasteiger partial charge is 0.396 e. The van der Waals surface area contributed by atoms with E-state index in [2.05, 4.69) is 25.5 Å². The summed E-state index contributed by atoms with van der Waals surface area (Å²) in [6.45, 7) is 5.32. The number of anilines is 2. The van der Waals surface area contributed by atoms with Crippen molar-refractivity contribution in [2.45, 2.75) is 32.7 Å². The number of carbonyl (C=O) groups excluding carboxylic acids is 1. The molecule has 0 aliphatic carbocycles. The second-order valence-corrected chi connectivity index (χ2v) is 8.41. The van der Waals surface area contributed by atoms with E-state index in [1.807, 2.05) is 49.4 Å². The highest BCUT2D eigenvalue weighted by atomic mass is 16.3. The van der Waals surface area contributed by atoms with E-state index in [9.17, 15) is 9.59 Å². The lowest BCUT2D eigenvalue weighted by atomic mass is 10.1. The fourth-order valence-corrected chi connectivity index (χ4v) is 3.72. The summed E-state index contributed by atoms with van der Waals surface area (Å²) in [5, 5.41) is 14.3. The Morgan fingerprint density at radius 2 is 1.80 bits per heavy atom. The van der Waals surface area contributed by atoms with Gasteiger partial charge < -0.3 is 21.1 Å². The van der Waals surface area contributed by atoms with Crippen LogP contribution in [0.4, 0.5) is 16.4 Å². The minimum atomic E-state index is -0.488. The number of aromatic amines is 1. The molecule has 6 N–H and O–H groups in total. The molecule has 0 fully saturated rings. The third-order valence-electron chi connectivity index (χ3n) is 5.65. The maximum atomic E-state index is 12.6. The fourth-order valence-electron chi connectivity index (χ4n) is 3.72. The molecule has 3 rings (SSSR count). The highest BCUT2D eigenvalue weighted by molar-refractivity contribution is 5.99. The maximum Gasteiger partial charge on any atom is 0.326 e. The number of nitrogens with zero attached hydrogens (tertiary/aromatic N) is 2. The van der Waals surface area contributed by atoms with Gasteiger partial charge in [0.05, 0.1) is 5.56 Å². The molecule has 1 aromatic heterocycles. The number of urea groups is 1. The Morgan fingerprint density at radius 3 is 2.49 bits per heavy atom. The molecule has 0 atom stereocenters. The number of nitrogens with two attached hydrogens (primary N) is 1. The van der Waals surface area contributed by atoms with Crippen LogP contribution in [0.5, 0.6) is 0 Å². The number of benzene rings is 2. The van der Waals surface area contributed by atoms with Gasteiger partial charge in [-0.05, 0) is 68.6 Å². The van der Waals surface area contributed by atoms with Gasteiger partial charge in [-0.25, -0.2) is 4.79 Å². The van der Waals surface area contributed by atoms with Crippen LogP contribution < -0.4 is 21.9 Å². The molecule has 0 unspecified atom stereocenters. The van der Waals surface area contributed by atoms with Gasteiger partial charge in [0.1, 0.15) is 0 Å². The van der Waals surface area contributed by atoms with Gasteiger partial charge in [-0.3, -0.25) is 15.0 Å². The monoisotopic (exact) mass is 478 g/mol.